The molecule has 0 bridgehead atoms. The maximum atomic E-state index is 11.9. The third kappa shape index (κ3) is 2.15. The topological polar surface area (TPSA) is 47.6 Å². The van der Waals surface area contributed by atoms with Crippen molar-refractivity contribution in [1.82, 2.24) is 0 Å². The first kappa shape index (κ1) is 12.7. The highest BCUT2D eigenvalue weighted by Crippen LogP contribution is 2.42. The Bertz CT molecular complexity index is 438. The van der Waals surface area contributed by atoms with Crippen LogP contribution in [0.2, 0.25) is 0 Å². The average molecular weight is 249 g/mol. The second kappa shape index (κ2) is 4.88. The van der Waals surface area contributed by atoms with E-state index in [1.54, 1.807) is 7.11 Å². The summed E-state index contributed by atoms with van der Waals surface area (Å²) in [5.74, 6) is 1.07. The molecule has 0 heterocycles. The molecule has 4 heteroatoms. The minimum absolute atomic E-state index is 0.202. The second-order valence-corrected chi connectivity index (χ2v) is 4.91. The fourth-order valence-electron chi connectivity index (χ4n) is 2.65. The Hall–Kier alpha value is -1.71. The van der Waals surface area contributed by atoms with Crippen LogP contribution >= 0.6 is 0 Å². The number of ether oxygens (including phenoxy) is 2. The summed E-state index contributed by atoms with van der Waals surface area (Å²) in [6, 6.07) is 7.60. The summed E-state index contributed by atoms with van der Waals surface area (Å²) in [5.41, 5.74) is 0.236. The summed E-state index contributed by atoms with van der Waals surface area (Å²) < 4.78 is 10.2. The molecular formula is C14H19NO3. The zero-order valence-electron chi connectivity index (χ0n) is 11.0. The van der Waals surface area contributed by atoms with Gasteiger partial charge in [0.1, 0.15) is 11.3 Å². The molecule has 1 aromatic carbocycles. The number of methoxy groups -OCH3 is 2. The number of rotatable bonds is 4. The Morgan fingerprint density at radius 2 is 2.00 bits per heavy atom. The van der Waals surface area contributed by atoms with E-state index in [1.807, 2.05) is 24.3 Å². The van der Waals surface area contributed by atoms with Gasteiger partial charge in [0, 0.05) is 0 Å². The van der Waals surface area contributed by atoms with E-state index in [9.17, 15) is 4.79 Å². The molecule has 1 aromatic rings. The van der Waals surface area contributed by atoms with Gasteiger partial charge in [0.15, 0.2) is 0 Å². The minimum atomic E-state index is -0.594. The maximum Gasteiger partial charge on any atom is 0.331 e. The Morgan fingerprint density at radius 3 is 2.56 bits per heavy atom. The normalized spacial score (nSPS) is 26.1. The third-order valence-corrected chi connectivity index (χ3v) is 3.45. The Balaban J connectivity index is 2.22. The highest BCUT2D eigenvalue weighted by molar-refractivity contribution is 5.86. The molecule has 1 aliphatic carbocycles. The smallest absolute Gasteiger partial charge is 0.331 e. The van der Waals surface area contributed by atoms with Crippen molar-refractivity contribution in [1.29, 1.82) is 0 Å². The number of para-hydroxylation sites is 2. The van der Waals surface area contributed by atoms with Crippen LogP contribution in [0, 0.1) is 5.92 Å². The predicted octanol–water partition coefficient (Wildman–Crippen LogP) is 2.45. The molecule has 98 valence electrons. The van der Waals surface area contributed by atoms with Gasteiger partial charge in [0.25, 0.3) is 0 Å². The summed E-state index contributed by atoms with van der Waals surface area (Å²) in [5, 5.41) is 3.29. The zero-order chi connectivity index (χ0) is 13.2. The lowest BCUT2D eigenvalue weighted by Gasteiger charge is -2.45. The summed E-state index contributed by atoms with van der Waals surface area (Å²) in [4.78, 5) is 11.9. The lowest BCUT2D eigenvalue weighted by Crippen LogP contribution is -2.56. The number of carbonyl (C=O) groups is 1. The predicted molar refractivity (Wildman–Crippen MR) is 69.8 cm³/mol. The van der Waals surface area contributed by atoms with Crippen LogP contribution in [0.25, 0.3) is 0 Å². The van der Waals surface area contributed by atoms with Crippen LogP contribution in [0.15, 0.2) is 24.3 Å². The van der Waals surface area contributed by atoms with Gasteiger partial charge in [-0.05, 0) is 30.9 Å². The number of hydrogen-bond acceptors (Lipinski definition) is 4. The van der Waals surface area contributed by atoms with Crippen LogP contribution in [-0.4, -0.2) is 25.7 Å². The number of nitrogens with one attached hydrogen (secondary N) is 1. The minimum Gasteiger partial charge on any atom is -0.495 e. The summed E-state index contributed by atoms with van der Waals surface area (Å²) in [6.45, 7) is 2.13. The first-order valence-electron chi connectivity index (χ1n) is 6.11. The lowest BCUT2D eigenvalue weighted by atomic mass is 9.69. The van der Waals surface area contributed by atoms with Crippen molar-refractivity contribution in [2.45, 2.75) is 25.3 Å². The summed E-state index contributed by atoms with van der Waals surface area (Å²) >= 11 is 0. The second-order valence-electron chi connectivity index (χ2n) is 4.91. The van der Waals surface area contributed by atoms with Crippen molar-refractivity contribution >= 4 is 11.7 Å². The molecule has 0 radical (unpaired) electrons. The first-order valence-corrected chi connectivity index (χ1v) is 6.11. The number of benzene rings is 1. The molecule has 18 heavy (non-hydrogen) atoms. The Morgan fingerprint density at radius 1 is 1.33 bits per heavy atom. The van der Waals surface area contributed by atoms with Crippen molar-refractivity contribution in [2.75, 3.05) is 19.5 Å². The van der Waals surface area contributed by atoms with Crippen molar-refractivity contribution in [2.24, 2.45) is 5.92 Å². The molecule has 0 aliphatic heterocycles. The fourth-order valence-corrected chi connectivity index (χ4v) is 2.65. The molecule has 1 saturated carbocycles. The van der Waals surface area contributed by atoms with Gasteiger partial charge in [-0.2, -0.15) is 0 Å². The first-order chi connectivity index (χ1) is 8.61. The van der Waals surface area contributed by atoms with Gasteiger partial charge in [-0.15, -0.1) is 0 Å². The quantitative estimate of drug-likeness (QED) is 0.833. The van der Waals surface area contributed by atoms with Crippen LogP contribution < -0.4 is 10.1 Å². The van der Waals surface area contributed by atoms with Crippen molar-refractivity contribution in [3.05, 3.63) is 24.3 Å². The van der Waals surface area contributed by atoms with Gasteiger partial charge < -0.3 is 14.8 Å². The average Bonchev–Trinajstić information content (AvgIpc) is 2.36. The molecule has 4 nitrogen and oxygen atoms in total. The molecule has 0 unspecified atom stereocenters. The van der Waals surface area contributed by atoms with Crippen molar-refractivity contribution in [3.8, 4) is 5.75 Å². The zero-order valence-corrected chi connectivity index (χ0v) is 11.0. The Labute approximate surface area is 107 Å². The van der Waals surface area contributed by atoms with E-state index in [2.05, 4.69) is 12.2 Å². The van der Waals surface area contributed by atoms with E-state index in [0.29, 0.717) is 5.92 Å². The monoisotopic (exact) mass is 249 g/mol. The van der Waals surface area contributed by atoms with Gasteiger partial charge in [-0.25, -0.2) is 4.79 Å². The van der Waals surface area contributed by atoms with Crippen LogP contribution in [0.1, 0.15) is 19.8 Å². The molecule has 1 fully saturated rings. The van der Waals surface area contributed by atoms with Crippen molar-refractivity contribution in [3.63, 3.8) is 0 Å². The van der Waals surface area contributed by atoms with Gasteiger partial charge in [-0.1, -0.05) is 19.1 Å². The largest absolute Gasteiger partial charge is 0.495 e. The SMILES string of the molecule is COC(=O)C1(Nc2ccccc2OC)CC(C)C1. The molecule has 1 N–H and O–H groups in total. The van der Waals surface area contributed by atoms with Crippen LogP contribution in [-0.2, 0) is 9.53 Å². The number of esters is 1. The maximum absolute atomic E-state index is 11.9. The molecule has 0 saturated heterocycles. The van der Waals surface area contributed by atoms with Crippen LogP contribution in [0.4, 0.5) is 5.69 Å². The van der Waals surface area contributed by atoms with E-state index in [0.717, 1.165) is 24.3 Å². The highest BCUT2D eigenvalue weighted by Gasteiger charge is 2.49. The lowest BCUT2D eigenvalue weighted by molar-refractivity contribution is -0.150. The van der Waals surface area contributed by atoms with Crippen LogP contribution in [0.5, 0.6) is 5.75 Å². The summed E-state index contributed by atoms with van der Waals surface area (Å²) in [6.07, 6.45) is 1.58. The van der Waals surface area contributed by atoms with E-state index in [4.69, 9.17) is 9.47 Å². The van der Waals surface area contributed by atoms with E-state index in [1.165, 1.54) is 7.11 Å². The summed E-state index contributed by atoms with van der Waals surface area (Å²) in [7, 11) is 3.05. The van der Waals surface area contributed by atoms with Crippen LogP contribution in [0.3, 0.4) is 0 Å². The Kier molecular flexibility index (Phi) is 3.45. The molecule has 0 amide bonds. The molecule has 1 aliphatic rings. The molecular weight excluding hydrogens is 230 g/mol. The number of hydrogen-bond donors (Lipinski definition) is 1. The fraction of sp³-hybridized carbons (Fsp3) is 0.500. The van der Waals surface area contributed by atoms with Gasteiger partial charge in [0.05, 0.1) is 19.9 Å². The van der Waals surface area contributed by atoms with Gasteiger partial charge in [-0.3, -0.25) is 0 Å². The molecule has 0 atom stereocenters. The van der Waals surface area contributed by atoms with E-state index >= 15 is 0 Å². The van der Waals surface area contributed by atoms with Gasteiger partial charge >= 0.3 is 5.97 Å². The highest BCUT2D eigenvalue weighted by atomic mass is 16.5. The third-order valence-electron chi connectivity index (χ3n) is 3.45. The molecule has 0 aromatic heterocycles. The number of carbonyl (C=O) groups excluding carboxylic acids is 1. The van der Waals surface area contributed by atoms with E-state index < -0.39 is 5.54 Å². The van der Waals surface area contributed by atoms with E-state index in [-0.39, 0.29) is 5.97 Å². The van der Waals surface area contributed by atoms with Gasteiger partial charge in [0.2, 0.25) is 0 Å². The number of anilines is 1. The van der Waals surface area contributed by atoms with Crippen molar-refractivity contribution < 1.29 is 14.3 Å². The molecule has 2 rings (SSSR count). The standard InChI is InChI=1S/C14H19NO3/c1-10-8-14(9-10,13(16)18-3)15-11-6-4-5-7-12(11)17-2/h4-7,10,15H,8-9H2,1-3H3. The molecule has 0 spiro atoms.